The van der Waals surface area contributed by atoms with Gasteiger partial charge in [-0.1, -0.05) is 12.8 Å². The zero-order valence-corrected chi connectivity index (χ0v) is 8.13. The minimum atomic E-state index is 0.384. The Labute approximate surface area is 79.8 Å². The second-order valence-electron chi connectivity index (χ2n) is 3.99. The van der Waals surface area contributed by atoms with Gasteiger partial charge in [-0.25, -0.2) is 0 Å². The normalized spacial score (nSPS) is 30.9. The summed E-state index contributed by atoms with van der Waals surface area (Å²) in [6.07, 6.45) is 6.92. The van der Waals surface area contributed by atoms with E-state index in [1.54, 1.807) is 0 Å². The smallest absolute Gasteiger partial charge is 0.147 e. The van der Waals surface area contributed by atoms with Crippen molar-refractivity contribution in [3.05, 3.63) is 0 Å². The summed E-state index contributed by atoms with van der Waals surface area (Å²) in [5.74, 6) is 0. The Morgan fingerprint density at radius 3 is 2.69 bits per heavy atom. The number of rotatable bonds is 3. The van der Waals surface area contributed by atoms with Gasteiger partial charge in [-0.15, -0.1) is 0 Å². The molecule has 1 saturated heterocycles. The van der Waals surface area contributed by atoms with Crippen LogP contribution in [0.4, 0.5) is 0 Å². The van der Waals surface area contributed by atoms with Gasteiger partial charge in [0.15, 0.2) is 0 Å². The molecular weight excluding hydrogens is 166 g/mol. The van der Waals surface area contributed by atoms with Crippen molar-refractivity contribution in [1.29, 1.82) is 0 Å². The molecule has 1 atom stereocenters. The number of nitrogens with one attached hydrogen (secondary N) is 1. The van der Waals surface area contributed by atoms with Crippen LogP contribution in [0.5, 0.6) is 0 Å². The highest BCUT2D eigenvalue weighted by Crippen LogP contribution is 2.17. The summed E-state index contributed by atoms with van der Waals surface area (Å²) in [5.41, 5.74) is 0. The Hall–Kier alpha value is -0.120. The summed E-state index contributed by atoms with van der Waals surface area (Å²) in [6.45, 7) is 2.35. The van der Waals surface area contributed by atoms with E-state index in [-0.39, 0.29) is 0 Å². The molecule has 0 radical (unpaired) electrons. The van der Waals surface area contributed by atoms with Crippen LogP contribution in [0.1, 0.15) is 32.1 Å². The summed E-state index contributed by atoms with van der Waals surface area (Å²) in [5, 5.41) is 3.57. The quantitative estimate of drug-likeness (QED) is 0.718. The first-order valence-electron chi connectivity index (χ1n) is 5.38. The second-order valence-corrected chi connectivity index (χ2v) is 3.99. The number of hydrogen-bond donors (Lipinski definition) is 1. The van der Waals surface area contributed by atoms with Crippen LogP contribution >= 0.6 is 0 Å². The average Bonchev–Trinajstić information content (AvgIpc) is 2.69. The van der Waals surface area contributed by atoms with E-state index in [1.807, 2.05) is 0 Å². The van der Waals surface area contributed by atoms with Gasteiger partial charge in [-0.2, -0.15) is 0 Å². The molecule has 1 unspecified atom stereocenters. The van der Waals surface area contributed by atoms with Crippen LogP contribution in [0.15, 0.2) is 0 Å². The van der Waals surface area contributed by atoms with Crippen molar-refractivity contribution in [2.75, 3.05) is 19.9 Å². The molecule has 1 aliphatic heterocycles. The molecule has 0 aromatic rings. The van der Waals surface area contributed by atoms with Crippen molar-refractivity contribution in [3.8, 4) is 0 Å². The van der Waals surface area contributed by atoms with Gasteiger partial charge >= 0.3 is 0 Å². The van der Waals surface area contributed by atoms with Gasteiger partial charge in [-0.3, -0.25) is 0 Å². The highest BCUT2D eigenvalue weighted by atomic mass is 16.7. The maximum atomic E-state index is 5.45. The van der Waals surface area contributed by atoms with E-state index in [2.05, 4.69) is 5.32 Å². The molecule has 2 aliphatic rings. The lowest BCUT2D eigenvalue weighted by molar-refractivity contribution is -0.137. The van der Waals surface area contributed by atoms with E-state index in [0.29, 0.717) is 12.9 Å². The molecule has 1 aliphatic carbocycles. The Morgan fingerprint density at radius 2 is 2.00 bits per heavy atom. The molecule has 1 heterocycles. The second kappa shape index (κ2) is 4.94. The van der Waals surface area contributed by atoms with Gasteiger partial charge in [0.05, 0.1) is 12.7 Å². The van der Waals surface area contributed by atoms with Crippen molar-refractivity contribution in [2.24, 2.45) is 0 Å². The van der Waals surface area contributed by atoms with Crippen LogP contribution in [0, 0.1) is 0 Å². The third-order valence-corrected chi connectivity index (χ3v) is 2.96. The molecule has 13 heavy (non-hydrogen) atoms. The fourth-order valence-corrected chi connectivity index (χ4v) is 2.09. The van der Waals surface area contributed by atoms with Crippen LogP contribution in [-0.2, 0) is 9.47 Å². The molecule has 2 rings (SSSR count). The molecule has 3 heteroatoms. The summed E-state index contributed by atoms with van der Waals surface area (Å²) in [7, 11) is 0. The summed E-state index contributed by atoms with van der Waals surface area (Å²) >= 11 is 0. The number of hydrogen-bond acceptors (Lipinski definition) is 3. The van der Waals surface area contributed by atoms with Crippen LogP contribution in [0.3, 0.4) is 0 Å². The maximum Gasteiger partial charge on any atom is 0.147 e. The van der Waals surface area contributed by atoms with Crippen molar-refractivity contribution in [2.45, 2.75) is 44.2 Å². The Balaban J connectivity index is 1.60. The number of ether oxygens (including phenoxy) is 2. The Bertz CT molecular complexity index is 140. The van der Waals surface area contributed by atoms with Crippen molar-refractivity contribution in [3.63, 3.8) is 0 Å². The molecule has 3 nitrogen and oxygen atoms in total. The topological polar surface area (TPSA) is 30.5 Å². The minimum absolute atomic E-state index is 0.384. The van der Waals surface area contributed by atoms with E-state index in [4.69, 9.17) is 9.47 Å². The third-order valence-electron chi connectivity index (χ3n) is 2.96. The van der Waals surface area contributed by atoms with E-state index >= 15 is 0 Å². The fourth-order valence-electron chi connectivity index (χ4n) is 2.09. The first kappa shape index (κ1) is 9.44. The minimum Gasteiger partial charge on any atom is -0.355 e. The van der Waals surface area contributed by atoms with Crippen LogP contribution in [-0.4, -0.2) is 32.1 Å². The molecule has 0 bridgehead atoms. The highest BCUT2D eigenvalue weighted by Gasteiger charge is 2.18. The van der Waals surface area contributed by atoms with Gasteiger partial charge in [0.25, 0.3) is 0 Å². The summed E-state index contributed by atoms with van der Waals surface area (Å²) in [6, 6.07) is 0.756. The lowest BCUT2D eigenvalue weighted by Gasteiger charge is -2.24. The monoisotopic (exact) mass is 185 g/mol. The lowest BCUT2D eigenvalue weighted by Crippen LogP contribution is -2.38. The Kier molecular flexibility index (Phi) is 3.58. The first-order chi connectivity index (χ1) is 6.45. The van der Waals surface area contributed by atoms with Crippen LogP contribution < -0.4 is 5.32 Å². The Morgan fingerprint density at radius 1 is 1.15 bits per heavy atom. The molecule has 1 saturated carbocycles. The molecule has 2 fully saturated rings. The first-order valence-corrected chi connectivity index (χ1v) is 5.38. The van der Waals surface area contributed by atoms with Crippen LogP contribution in [0.25, 0.3) is 0 Å². The molecule has 0 spiro atoms. The van der Waals surface area contributed by atoms with E-state index in [9.17, 15) is 0 Å². The largest absolute Gasteiger partial charge is 0.355 e. The highest BCUT2D eigenvalue weighted by molar-refractivity contribution is 4.75. The molecule has 0 amide bonds. The predicted octanol–water partition coefficient (Wildman–Crippen LogP) is 1.28. The molecule has 1 N–H and O–H groups in total. The van der Waals surface area contributed by atoms with Crippen molar-refractivity contribution < 1.29 is 9.47 Å². The molecule has 76 valence electrons. The zero-order valence-electron chi connectivity index (χ0n) is 8.13. The predicted molar refractivity (Wildman–Crippen MR) is 50.6 cm³/mol. The molecule has 0 aromatic carbocycles. The standard InChI is InChI=1S/C10H19NO2/c1-2-4-9(3-1)11-7-10-5-6-12-8-13-10/h9-11H,1-8H2. The van der Waals surface area contributed by atoms with E-state index < -0.39 is 0 Å². The van der Waals surface area contributed by atoms with E-state index in [1.165, 1.54) is 25.7 Å². The van der Waals surface area contributed by atoms with Gasteiger partial charge in [0.1, 0.15) is 6.79 Å². The summed E-state index contributed by atoms with van der Waals surface area (Å²) in [4.78, 5) is 0. The zero-order chi connectivity index (χ0) is 8.93. The molecular formula is C10H19NO2. The van der Waals surface area contributed by atoms with Gasteiger partial charge in [0, 0.05) is 12.6 Å². The van der Waals surface area contributed by atoms with Crippen molar-refractivity contribution >= 4 is 0 Å². The summed E-state index contributed by atoms with van der Waals surface area (Å²) < 4.78 is 10.6. The van der Waals surface area contributed by atoms with Crippen LogP contribution in [0.2, 0.25) is 0 Å². The third kappa shape index (κ3) is 2.93. The molecule has 0 aromatic heterocycles. The average molecular weight is 185 g/mol. The van der Waals surface area contributed by atoms with Gasteiger partial charge in [-0.05, 0) is 19.3 Å². The van der Waals surface area contributed by atoms with Crippen molar-refractivity contribution in [1.82, 2.24) is 5.32 Å². The lowest BCUT2D eigenvalue weighted by atomic mass is 10.2. The van der Waals surface area contributed by atoms with Gasteiger partial charge < -0.3 is 14.8 Å². The SMILES string of the molecule is C1CCC(NCC2CCOCO2)C1. The fraction of sp³-hybridized carbons (Fsp3) is 1.00. The maximum absolute atomic E-state index is 5.45. The van der Waals surface area contributed by atoms with E-state index in [0.717, 1.165) is 25.6 Å². The van der Waals surface area contributed by atoms with Gasteiger partial charge in [0.2, 0.25) is 0 Å².